The second-order valence-electron chi connectivity index (χ2n) is 12.1. The summed E-state index contributed by atoms with van der Waals surface area (Å²) in [5.74, 6) is 0.718. The number of para-hydroxylation sites is 1. The average Bonchev–Trinajstić information content (AvgIpc) is 3.18. The van der Waals surface area contributed by atoms with Crippen molar-refractivity contribution in [2.24, 2.45) is 0 Å². The van der Waals surface area contributed by atoms with Gasteiger partial charge in [-0.05, 0) is 57.0 Å². The lowest BCUT2D eigenvalue weighted by molar-refractivity contribution is 1.23. The van der Waals surface area contributed by atoms with Crippen LogP contribution in [0.25, 0.3) is 88.6 Å². The van der Waals surface area contributed by atoms with E-state index >= 15 is 0 Å². The van der Waals surface area contributed by atoms with Crippen LogP contribution in [-0.2, 0) is 0 Å². The van der Waals surface area contributed by atoms with Gasteiger partial charge in [0.1, 0.15) is 0 Å². The molecular formula is C45H29N3. The van der Waals surface area contributed by atoms with Gasteiger partial charge in [-0.25, -0.2) is 9.97 Å². The Morgan fingerprint density at radius 3 is 1.60 bits per heavy atom. The molecule has 0 spiro atoms. The molecule has 0 saturated carbocycles. The maximum absolute atomic E-state index is 5.12. The number of pyridine rings is 1. The fraction of sp³-hybridized carbons (Fsp3) is 0. The van der Waals surface area contributed by atoms with Crippen LogP contribution in [0.3, 0.4) is 0 Å². The van der Waals surface area contributed by atoms with Crippen molar-refractivity contribution >= 4 is 32.6 Å². The quantitative estimate of drug-likeness (QED) is 0.182. The molecule has 9 aromatic rings. The first-order valence-electron chi connectivity index (χ1n) is 16.2. The first-order chi connectivity index (χ1) is 23.8. The molecule has 0 unspecified atom stereocenters. The maximum Gasteiger partial charge on any atom is 0.160 e. The van der Waals surface area contributed by atoms with Gasteiger partial charge < -0.3 is 0 Å². The van der Waals surface area contributed by atoms with Crippen LogP contribution in [0.2, 0.25) is 0 Å². The van der Waals surface area contributed by atoms with Crippen LogP contribution < -0.4 is 0 Å². The Morgan fingerprint density at radius 1 is 0.354 bits per heavy atom. The number of fused-ring (bicyclic) bond motifs is 4. The summed E-state index contributed by atoms with van der Waals surface area (Å²) in [5.41, 5.74) is 12.1. The standard InChI is InChI=1S/C45H29N3/c1-2-9-30(10-3-1)31-18-24-35(25-19-31)44-40-14-6-7-15-42(40)47-45(48-44)36-26-20-33(21-27-36)32-16-22-34(23-17-32)41-29-37-11-8-28-46-43(37)39-13-5-4-12-38(39)41/h1-29H. The largest absolute Gasteiger partial charge is 0.256 e. The zero-order chi connectivity index (χ0) is 31.9. The summed E-state index contributed by atoms with van der Waals surface area (Å²) in [4.78, 5) is 14.8. The average molecular weight is 612 g/mol. The molecule has 0 saturated heterocycles. The van der Waals surface area contributed by atoms with Crippen molar-refractivity contribution in [3.8, 4) is 56.0 Å². The molecule has 0 aliphatic carbocycles. The Hall–Kier alpha value is -6.45. The number of aromatic nitrogens is 3. The fourth-order valence-electron chi connectivity index (χ4n) is 6.69. The molecule has 2 aromatic heterocycles. The number of rotatable bonds is 5. The molecule has 9 rings (SSSR count). The molecule has 0 atom stereocenters. The number of hydrogen-bond donors (Lipinski definition) is 0. The first kappa shape index (κ1) is 27.8. The molecule has 0 fully saturated rings. The third-order valence-corrected chi connectivity index (χ3v) is 9.15. The van der Waals surface area contributed by atoms with Crippen molar-refractivity contribution in [1.29, 1.82) is 0 Å². The van der Waals surface area contributed by atoms with Crippen LogP contribution in [-0.4, -0.2) is 15.0 Å². The van der Waals surface area contributed by atoms with E-state index in [4.69, 9.17) is 9.97 Å². The predicted molar refractivity (Wildman–Crippen MR) is 200 cm³/mol. The minimum atomic E-state index is 0.718. The van der Waals surface area contributed by atoms with Crippen LogP contribution in [0.1, 0.15) is 0 Å². The molecule has 0 aliphatic heterocycles. The van der Waals surface area contributed by atoms with Crippen molar-refractivity contribution < 1.29 is 0 Å². The lowest BCUT2D eigenvalue weighted by atomic mass is 9.94. The highest BCUT2D eigenvalue weighted by Crippen LogP contribution is 2.36. The lowest BCUT2D eigenvalue weighted by Gasteiger charge is -2.12. The third kappa shape index (κ3) is 4.99. The van der Waals surface area contributed by atoms with Gasteiger partial charge >= 0.3 is 0 Å². The predicted octanol–water partition coefficient (Wildman–Crippen LogP) is 11.7. The highest BCUT2D eigenvalue weighted by atomic mass is 14.9. The SMILES string of the molecule is c1ccc(-c2ccc(-c3nc(-c4ccc(-c5ccc(-c6cc7cccnc7c7ccccc67)cc5)cc4)nc4ccccc34)cc2)cc1. The smallest absolute Gasteiger partial charge is 0.160 e. The second-order valence-corrected chi connectivity index (χ2v) is 12.1. The van der Waals surface area contributed by atoms with E-state index in [2.05, 4.69) is 151 Å². The van der Waals surface area contributed by atoms with Gasteiger partial charge in [0.25, 0.3) is 0 Å². The Morgan fingerprint density at radius 2 is 0.896 bits per heavy atom. The summed E-state index contributed by atoms with van der Waals surface area (Å²) in [5, 5.41) is 4.58. The van der Waals surface area contributed by atoms with E-state index in [1.807, 2.05) is 30.5 Å². The summed E-state index contributed by atoms with van der Waals surface area (Å²) in [6.45, 7) is 0. The molecule has 0 radical (unpaired) electrons. The molecule has 48 heavy (non-hydrogen) atoms. The normalized spacial score (nSPS) is 11.3. The molecule has 224 valence electrons. The van der Waals surface area contributed by atoms with E-state index < -0.39 is 0 Å². The Labute approximate surface area is 278 Å². The Kier molecular flexibility index (Phi) is 6.80. The summed E-state index contributed by atoms with van der Waals surface area (Å²) in [6, 6.07) is 59.7. The molecule has 0 bridgehead atoms. The van der Waals surface area contributed by atoms with Crippen LogP contribution >= 0.6 is 0 Å². The lowest BCUT2D eigenvalue weighted by Crippen LogP contribution is -1.95. The van der Waals surface area contributed by atoms with Crippen LogP contribution in [0.15, 0.2) is 176 Å². The highest BCUT2D eigenvalue weighted by Gasteiger charge is 2.13. The van der Waals surface area contributed by atoms with Crippen LogP contribution in [0.5, 0.6) is 0 Å². The van der Waals surface area contributed by atoms with E-state index in [0.717, 1.165) is 55.6 Å². The number of nitrogens with zero attached hydrogens (tertiary/aromatic N) is 3. The van der Waals surface area contributed by atoms with E-state index in [-0.39, 0.29) is 0 Å². The molecular weight excluding hydrogens is 583 g/mol. The van der Waals surface area contributed by atoms with E-state index in [0.29, 0.717) is 0 Å². The molecule has 3 heteroatoms. The van der Waals surface area contributed by atoms with Crippen molar-refractivity contribution in [3.05, 3.63) is 176 Å². The van der Waals surface area contributed by atoms with Gasteiger partial charge in [-0.1, -0.05) is 152 Å². The van der Waals surface area contributed by atoms with Crippen LogP contribution in [0, 0.1) is 0 Å². The third-order valence-electron chi connectivity index (χ3n) is 9.15. The molecule has 0 aliphatic rings. The fourth-order valence-corrected chi connectivity index (χ4v) is 6.69. The van der Waals surface area contributed by atoms with Gasteiger partial charge in [0.15, 0.2) is 5.82 Å². The van der Waals surface area contributed by atoms with Gasteiger partial charge in [0.2, 0.25) is 0 Å². The van der Waals surface area contributed by atoms with Crippen molar-refractivity contribution in [2.45, 2.75) is 0 Å². The van der Waals surface area contributed by atoms with Gasteiger partial charge in [0.05, 0.1) is 16.7 Å². The monoisotopic (exact) mass is 611 g/mol. The Bertz CT molecular complexity index is 2570. The zero-order valence-corrected chi connectivity index (χ0v) is 26.1. The van der Waals surface area contributed by atoms with Crippen molar-refractivity contribution in [1.82, 2.24) is 15.0 Å². The summed E-state index contributed by atoms with van der Waals surface area (Å²) >= 11 is 0. The minimum Gasteiger partial charge on any atom is -0.256 e. The van der Waals surface area contributed by atoms with Crippen molar-refractivity contribution in [2.75, 3.05) is 0 Å². The minimum absolute atomic E-state index is 0.718. The maximum atomic E-state index is 5.12. The topological polar surface area (TPSA) is 38.7 Å². The Balaban J connectivity index is 1.04. The van der Waals surface area contributed by atoms with Gasteiger partial charge in [-0.3, -0.25) is 4.98 Å². The highest BCUT2D eigenvalue weighted by molar-refractivity contribution is 6.12. The summed E-state index contributed by atoms with van der Waals surface area (Å²) < 4.78 is 0. The second kappa shape index (κ2) is 11.7. The first-order valence-corrected chi connectivity index (χ1v) is 16.2. The molecule has 0 N–H and O–H groups in total. The molecule has 2 heterocycles. The summed E-state index contributed by atoms with van der Waals surface area (Å²) in [6.07, 6.45) is 1.87. The van der Waals surface area contributed by atoms with E-state index in [1.165, 1.54) is 33.0 Å². The molecule has 7 aromatic carbocycles. The van der Waals surface area contributed by atoms with Gasteiger partial charge in [0, 0.05) is 33.5 Å². The van der Waals surface area contributed by atoms with E-state index in [9.17, 15) is 0 Å². The zero-order valence-electron chi connectivity index (χ0n) is 26.1. The molecule has 0 amide bonds. The summed E-state index contributed by atoms with van der Waals surface area (Å²) in [7, 11) is 0. The molecule has 3 nitrogen and oxygen atoms in total. The van der Waals surface area contributed by atoms with Gasteiger partial charge in [-0.15, -0.1) is 0 Å². The van der Waals surface area contributed by atoms with Crippen LogP contribution in [0.4, 0.5) is 0 Å². The van der Waals surface area contributed by atoms with Gasteiger partial charge in [-0.2, -0.15) is 0 Å². The van der Waals surface area contributed by atoms with Crippen molar-refractivity contribution in [3.63, 3.8) is 0 Å². The number of benzene rings is 7. The number of hydrogen-bond acceptors (Lipinski definition) is 3. The van der Waals surface area contributed by atoms with E-state index in [1.54, 1.807) is 0 Å².